The van der Waals surface area contributed by atoms with Gasteiger partial charge in [0, 0.05) is 41.1 Å². The number of hydrogen-bond acceptors (Lipinski definition) is 2. The zero-order valence-electron chi connectivity index (χ0n) is 16.3. The van der Waals surface area contributed by atoms with Gasteiger partial charge in [-0.1, -0.05) is 11.8 Å². The maximum Gasteiger partial charge on any atom is 0.0403 e. The van der Waals surface area contributed by atoms with Gasteiger partial charge in [0.15, 0.2) is 0 Å². The summed E-state index contributed by atoms with van der Waals surface area (Å²) in [6.45, 7) is 8.17. The Balaban J connectivity index is 2.10. The second kappa shape index (κ2) is 6.39. The summed E-state index contributed by atoms with van der Waals surface area (Å²) in [7, 11) is 0. The van der Waals surface area contributed by atoms with Gasteiger partial charge in [-0.05, 0) is 85.6 Å². The van der Waals surface area contributed by atoms with Crippen molar-refractivity contribution >= 4 is 64.4 Å². The van der Waals surface area contributed by atoms with Crippen LogP contribution < -0.4 is 0 Å². The third-order valence-electron chi connectivity index (χ3n) is 5.14. The Labute approximate surface area is 172 Å². The Morgan fingerprint density at radius 2 is 0.964 bits per heavy atom. The SMILES string of the molecule is CC#Cc1c2cc3cc(C)sc3cc2c(C#CC)c2cc3cc(C)sc3cc12. The monoisotopic (exact) mass is 394 g/mol. The summed E-state index contributed by atoms with van der Waals surface area (Å²) < 4.78 is 2.62. The van der Waals surface area contributed by atoms with E-state index < -0.39 is 0 Å². The van der Waals surface area contributed by atoms with Crippen LogP contribution in [0.3, 0.4) is 0 Å². The van der Waals surface area contributed by atoms with E-state index in [1.165, 1.54) is 51.5 Å². The van der Waals surface area contributed by atoms with Crippen LogP contribution in [-0.4, -0.2) is 0 Å². The van der Waals surface area contributed by atoms with Gasteiger partial charge < -0.3 is 0 Å². The van der Waals surface area contributed by atoms with Crippen LogP contribution in [0, 0.1) is 37.5 Å². The molecule has 0 aliphatic heterocycles. The molecule has 0 aliphatic rings. The number of fused-ring (bicyclic) bond motifs is 4. The molecule has 0 bridgehead atoms. The molecule has 2 heterocycles. The Morgan fingerprint density at radius 3 is 1.36 bits per heavy atom. The Hall–Kier alpha value is -2.78. The number of aryl methyl sites for hydroxylation is 2. The minimum Gasteiger partial charge on any atom is -0.141 e. The molecule has 5 rings (SSSR count). The molecule has 134 valence electrons. The highest BCUT2D eigenvalue weighted by Crippen LogP contribution is 2.39. The predicted molar refractivity (Wildman–Crippen MR) is 127 cm³/mol. The third kappa shape index (κ3) is 2.54. The molecule has 0 saturated carbocycles. The molecule has 0 nitrogen and oxygen atoms in total. The van der Waals surface area contributed by atoms with Crippen LogP contribution in [0.25, 0.3) is 41.7 Å². The summed E-state index contributed by atoms with van der Waals surface area (Å²) >= 11 is 3.68. The minimum absolute atomic E-state index is 1.12. The van der Waals surface area contributed by atoms with E-state index in [1.807, 2.05) is 36.5 Å². The van der Waals surface area contributed by atoms with Gasteiger partial charge >= 0.3 is 0 Å². The molecular weight excluding hydrogens is 376 g/mol. The van der Waals surface area contributed by atoms with Crippen molar-refractivity contribution in [3.8, 4) is 23.7 Å². The maximum absolute atomic E-state index is 3.42. The fraction of sp³-hybridized carbons (Fsp3) is 0.154. The van der Waals surface area contributed by atoms with Crippen LogP contribution in [0.15, 0.2) is 36.4 Å². The normalized spacial score (nSPS) is 11.0. The molecule has 0 fully saturated rings. The summed E-state index contributed by atoms with van der Waals surface area (Å²) in [5, 5.41) is 7.41. The quantitative estimate of drug-likeness (QED) is 0.186. The van der Waals surface area contributed by atoms with Crippen molar-refractivity contribution in [3.63, 3.8) is 0 Å². The van der Waals surface area contributed by atoms with Gasteiger partial charge in [0.05, 0.1) is 0 Å². The topological polar surface area (TPSA) is 0 Å². The number of thiophene rings is 2. The molecule has 0 spiro atoms. The van der Waals surface area contributed by atoms with E-state index in [4.69, 9.17) is 0 Å². The Bertz CT molecular complexity index is 1340. The van der Waals surface area contributed by atoms with Crippen LogP contribution in [0.2, 0.25) is 0 Å². The lowest BCUT2D eigenvalue weighted by Gasteiger charge is -2.12. The summed E-state index contributed by atoms with van der Waals surface area (Å²) in [4.78, 5) is 2.66. The second-order valence-corrected chi connectivity index (χ2v) is 9.66. The highest BCUT2D eigenvalue weighted by atomic mass is 32.1. The first kappa shape index (κ1) is 17.3. The van der Waals surface area contributed by atoms with E-state index in [0.717, 1.165) is 11.1 Å². The molecule has 0 radical (unpaired) electrons. The van der Waals surface area contributed by atoms with E-state index in [0.29, 0.717) is 0 Å². The average molecular weight is 395 g/mol. The van der Waals surface area contributed by atoms with E-state index in [9.17, 15) is 0 Å². The predicted octanol–water partition coefficient (Wildman–Crippen LogP) is 7.78. The number of benzene rings is 3. The summed E-state index contributed by atoms with van der Waals surface area (Å²) in [5.74, 6) is 13.1. The smallest absolute Gasteiger partial charge is 0.0403 e. The fourth-order valence-electron chi connectivity index (χ4n) is 4.08. The van der Waals surface area contributed by atoms with Gasteiger partial charge in [0.1, 0.15) is 0 Å². The third-order valence-corrected chi connectivity index (χ3v) is 7.16. The van der Waals surface area contributed by atoms with Crippen LogP contribution in [0.1, 0.15) is 34.7 Å². The number of hydrogen-bond donors (Lipinski definition) is 0. The molecule has 2 aromatic heterocycles. The average Bonchev–Trinajstić information content (AvgIpc) is 3.21. The van der Waals surface area contributed by atoms with Gasteiger partial charge in [-0.3, -0.25) is 0 Å². The molecular formula is C26H18S2. The highest BCUT2D eigenvalue weighted by Gasteiger charge is 2.15. The van der Waals surface area contributed by atoms with Crippen molar-refractivity contribution in [2.45, 2.75) is 27.7 Å². The summed E-state index contributed by atoms with van der Waals surface area (Å²) in [6, 6.07) is 13.8. The highest BCUT2D eigenvalue weighted by molar-refractivity contribution is 7.19. The maximum atomic E-state index is 3.42. The van der Waals surface area contributed by atoms with Crippen LogP contribution in [-0.2, 0) is 0 Å². The molecule has 0 unspecified atom stereocenters. The molecule has 5 aromatic rings. The van der Waals surface area contributed by atoms with Crippen LogP contribution in [0.4, 0.5) is 0 Å². The first-order valence-corrected chi connectivity index (χ1v) is 10.9. The standard InChI is InChI=1S/C26H18S2/c1-5-7-19-21-11-17-9-15(3)28-26(17)14-24(21)20(8-6-2)22-12-18-10-16(4)27-25(18)13-23(19)22/h9-14H,1-4H3. The molecule has 2 heteroatoms. The van der Waals surface area contributed by atoms with Gasteiger partial charge in [-0.2, -0.15) is 0 Å². The summed E-state index contributed by atoms with van der Waals surface area (Å²) in [5.41, 5.74) is 2.24. The van der Waals surface area contributed by atoms with Crippen LogP contribution >= 0.6 is 22.7 Å². The van der Waals surface area contributed by atoms with Gasteiger partial charge in [-0.25, -0.2) is 0 Å². The minimum atomic E-state index is 1.12. The van der Waals surface area contributed by atoms with Crippen molar-refractivity contribution in [1.82, 2.24) is 0 Å². The fourth-order valence-corrected chi connectivity index (χ4v) is 5.97. The van der Waals surface area contributed by atoms with Gasteiger partial charge in [0.2, 0.25) is 0 Å². The number of rotatable bonds is 0. The Kier molecular flexibility index (Phi) is 3.95. The molecule has 0 amide bonds. The second-order valence-electron chi connectivity index (χ2n) is 7.09. The van der Waals surface area contributed by atoms with Gasteiger partial charge in [-0.15, -0.1) is 34.5 Å². The molecule has 0 N–H and O–H groups in total. The molecule has 0 saturated heterocycles. The first-order valence-electron chi connectivity index (χ1n) is 9.28. The van der Waals surface area contributed by atoms with Gasteiger partial charge in [0.25, 0.3) is 0 Å². The van der Waals surface area contributed by atoms with Crippen LogP contribution in [0.5, 0.6) is 0 Å². The van der Waals surface area contributed by atoms with Crippen molar-refractivity contribution in [2.24, 2.45) is 0 Å². The lowest BCUT2D eigenvalue weighted by atomic mass is 9.90. The first-order chi connectivity index (χ1) is 13.6. The van der Waals surface area contributed by atoms with E-state index in [1.54, 1.807) is 0 Å². The zero-order valence-corrected chi connectivity index (χ0v) is 17.9. The molecule has 28 heavy (non-hydrogen) atoms. The lowest BCUT2D eigenvalue weighted by molar-refractivity contribution is 1.65. The van der Waals surface area contributed by atoms with Crippen molar-refractivity contribution in [1.29, 1.82) is 0 Å². The van der Waals surface area contributed by atoms with Crippen molar-refractivity contribution in [2.75, 3.05) is 0 Å². The van der Waals surface area contributed by atoms with Crippen molar-refractivity contribution in [3.05, 3.63) is 57.3 Å². The van der Waals surface area contributed by atoms with Crippen molar-refractivity contribution < 1.29 is 0 Å². The van der Waals surface area contributed by atoms with E-state index in [-0.39, 0.29) is 0 Å². The molecule has 3 aromatic carbocycles. The lowest BCUT2D eigenvalue weighted by Crippen LogP contribution is -1.90. The summed E-state index contributed by atoms with van der Waals surface area (Å²) in [6.07, 6.45) is 0. The molecule has 0 atom stereocenters. The molecule has 0 aliphatic carbocycles. The largest absolute Gasteiger partial charge is 0.141 e. The van der Waals surface area contributed by atoms with E-state index >= 15 is 0 Å². The Morgan fingerprint density at radius 1 is 0.571 bits per heavy atom. The van der Waals surface area contributed by atoms with E-state index in [2.05, 4.69) is 73.9 Å². The zero-order chi connectivity index (χ0) is 19.4.